The summed E-state index contributed by atoms with van der Waals surface area (Å²) in [6, 6.07) is -0.720. The fraction of sp³-hybridized carbons (Fsp3) is 0.375. The van der Waals surface area contributed by atoms with Crippen molar-refractivity contribution in [2.24, 2.45) is 0 Å². The van der Waals surface area contributed by atoms with Crippen molar-refractivity contribution in [3.05, 3.63) is 9.47 Å². The zero-order chi connectivity index (χ0) is 12.6. The lowest BCUT2D eigenvalue weighted by Gasteiger charge is -2.30. The van der Waals surface area contributed by atoms with E-state index in [4.69, 9.17) is 11.6 Å². The Kier molecular flexibility index (Phi) is 3.07. The number of hydrogen-bond acceptors (Lipinski definition) is 6. The Labute approximate surface area is 105 Å². The summed E-state index contributed by atoms with van der Waals surface area (Å²) in [5.74, 6) is -1.55. The molecule has 1 aromatic heterocycles. The van der Waals surface area contributed by atoms with E-state index in [2.05, 4.69) is 15.5 Å². The van der Waals surface area contributed by atoms with Crippen molar-refractivity contribution in [2.45, 2.75) is 13.0 Å². The van der Waals surface area contributed by atoms with Gasteiger partial charge >= 0.3 is 0 Å². The molecule has 2 heterocycles. The quantitative estimate of drug-likeness (QED) is 0.709. The molecule has 2 rings (SSSR count). The maximum absolute atomic E-state index is 12.0. The minimum absolute atomic E-state index is 0.0596. The molecule has 1 fully saturated rings. The predicted molar refractivity (Wildman–Crippen MR) is 58.6 cm³/mol. The zero-order valence-electron chi connectivity index (χ0n) is 8.64. The number of halogens is 1. The summed E-state index contributed by atoms with van der Waals surface area (Å²) in [7, 11) is 0. The van der Waals surface area contributed by atoms with Gasteiger partial charge in [0.25, 0.3) is 5.91 Å². The van der Waals surface area contributed by atoms with Crippen LogP contribution in [0.3, 0.4) is 0 Å². The van der Waals surface area contributed by atoms with Crippen LogP contribution in [0, 0.1) is 0 Å². The van der Waals surface area contributed by atoms with E-state index in [1.807, 2.05) is 0 Å². The Balaban J connectivity index is 2.24. The molecule has 7 nitrogen and oxygen atoms in total. The number of imide groups is 1. The maximum atomic E-state index is 12.0. The summed E-state index contributed by atoms with van der Waals surface area (Å²) in [5.41, 5.74) is 0. The number of carbonyl (C=O) groups excluding carboxylic acids is 3. The Morgan fingerprint density at radius 2 is 2.24 bits per heavy atom. The van der Waals surface area contributed by atoms with E-state index >= 15 is 0 Å². The third-order valence-corrected chi connectivity index (χ3v) is 3.27. The third kappa shape index (κ3) is 2.27. The molecule has 1 saturated heterocycles. The molecule has 0 bridgehead atoms. The van der Waals surface area contributed by atoms with Crippen molar-refractivity contribution in [3.63, 3.8) is 0 Å². The van der Waals surface area contributed by atoms with E-state index in [9.17, 15) is 14.4 Å². The smallest absolute Gasteiger partial charge is 0.286 e. The molecule has 0 radical (unpaired) electrons. The first-order valence-corrected chi connectivity index (χ1v) is 5.82. The first kappa shape index (κ1) is 11.9. The van der Waals surface area contributed by atoms with Crippen molar-refractivity contribution in [1.29, 1.82) is 0 Å². The van der Waals surface area contributed by atoms with E-state index in [1.54, 1.807) is 0 Å². The summed E-state index contributed by atoms with van der Waals surface area (Å²) in [6.45, 7) is 1.35. The Morgan fingerprint density at radius 3 is 2.82 bits per heavy atom. The van der Waals surface area contributed by atoms with Gasteiger partial charge < -0.3 is 4.90 Å². The second-order valence-electron chi connectivity index (χ2n) is 3.38. The van der Waals surface area contributed by atoms with Gasteiger partial charge in [-0.25, -0.2) is 0 Å². The average molecular weight is 275 g/mol. The van der Waals surface area contributed by atoms with Gasteiger partial charge in [0.1, 0.15) is 12.6 Å². The van der Waals surface area contributed by atoms with Gasteiger partial charge in [-0.2, -0.15) is 0 Å². The number of hydrogen-bond donors (Lipinski definition) is 1. The van der Waals surface area contributed by atoms with E-state index in [0.29, 0.717) is 0 Å². The van der Waals surface area contributed by atoms with E-state index in [1.165, 1.54) is 6.92 Å². The first-order valence-electron chi connectivity index (χ1n) is 4.62. The molecular formula is C8H7ClN4O3S. The van der Waals surface area contributed by atoms with Crippen LogP contribution >= 0.6 is 22.9 Å². The van der Waals surface area contributed by atoms with Crippen LogP contribution in [0.1, 0.15) is 16.7 Å². The lowest BCUT2D eigenvalue weighted by atomic mass is 10.2. The molecule has 9 heteroatoms. The highest BCUT2D eigenvalue weighted by atomic mass is 35.5. The minimum Gasteiger partial charge on any atom is -0.315 e. The van der Waals surface area contributed by atoms with Gasteiger partial charge in [-0.15, -0.1) is 10.2 Å². The van der Waals surface area contributed by atoms with Crippen molar-refractivity contribution < 1.29 is 14.4 Å². The molecule has 0 aliphatic carbocycles. The van der Waals surface area contributed by atoms with E-state index in [0.717, 1.165) is 16.2 Å². The molecule has 1 aliphatic rings. The number of carbonyl (C=O) groups is 3. The number of amides is 3. The van der Waals surface area contributed by atoms with Crippen molar-refractivity contribution in [3.8, 4) is 0 Å². The SMILES string of the molecule is CC1C(=O)NC(=O)CN1C(=O)c1nnc(Cl)s1. The Hall–Kier alpha value is -1.54. The molecule has 1 atom stereocenters. The summed E-state index contributed by atoms with van der Waals surface area (Å²) in [5, 5.41) is 9.27. The number of aromatic nitrogens is 2. The molecule has 1 unspecified atom stereocenters. The van der Waals surface area contributed by atoms with E-state index in [-0.39, 0.29) is 16.0 Å². The van der Waals surface area contributed by atoms with Gasteiger partial charge in [0.15, 0.2) is 0 Å². The van der Waals surface area contributed by atoms with Gasteiger partial charge in [-0.3, -0.25) is 19.7 Å². The summed E-state index contributed by atoms with van der Waals surface area (Å²) < 4.78 is 0.133. The fourth-order valence-corrected chi connectivity index (χ4v) is 2.16. The van der Waals surface area contributed by atoms with Gasteiger partial charge in [0.05, 0.1) is 0 Å². The van der Waals surface area contributed by atoms with Crippen LogP contribution < -0.4 is 5.32 Å². The summed E-state index contributed by atoms with van der Waals surface area (Å²) in [6.07, 6.45) is 0. The molecule has 0 spiro atoms. The van der Waals surface area contributed by atoms with Crippen molar-refractivity contribution in [1.82, 2.24) is 20.4 Å². The summed E-state index contributed by atoms with van der Waals surface area (Å²) >= 11 is 6.47. The molecule has 0 aromatic carbocycles. The molecule has 1 aromatic rings. The van der Waals surface area contributed by atoms with Crippen molar-refractivity contribution >= 4 is 40.7 Å². The monoisotopic (exact) mass is 274 g/mol. The topological polar surface area (TPSA) is 92.3 Å². The Bertz CT molecular complexity index is 503. The number of nitrogens with one attached hydrogen (secondary N) is 1. The normalized spacial score (nSPS) is 20.4. The molecular weight excluding hydrogens is 268 g/mol. The zero-order valence-corrected chi connectivity index (χ0v) is 10.2. The number of nitrogens with zero attached hydrogens (tertiary/aromatic N) is 3. The first-order chi connectivity index (χ1) is 7.99. The lowest BCUT2D eigenvalue weighted by molar-refractivity contribution is -0.138. The second-order valence-corrected chi connectivity index (χ2v) is 4.94. The number of rotatable bonds is 1. The van der Waals surface area contributed by atoms with Gasteiger partial charge in [0, 0.05) is 0 Å². The van der Waals surface area contributed by atoms with Crippen LogP contribution in [0.2, 0.25) is 4.47 Å². The van der Waals surface area contributed by atoms with E-state index < -0.39 is 23.8 Å². The van der Waals surface area contributed by atoms with Crippen LogP contribution in [0.15, 0.2) is 0 Å². The van der Waals surface area contributed by atoms with Crippen LogP contribution in [-0.2, 0) is 9.59 Å². The standard InChI is InChI=1S/C8H7ClN4O3S/c1-3-5(15)10-4(14)2-13(3)7(16)6-11-12-8(9)17-6/h3H,2H2,1H3,(H,10,14,15). The molecule has 90 valence electrons. The lowest BCUT2D eigenvalue weighted by Crippen LogP contribution is -2.58. The summed E-state index contributed by atoms with van der Waals surface area (Å²) in [4.78, 5) is 35.7. The highest BCUT2D eigenvalue weighted by molar-refractivity contribution is 7.17. The van der Waals surface area contributed by atoms with Crippen molar-refractivity contribution in [2.75, 3.05) is 6.54 Å². The molecule has 17 heavy (non-hydrogen) atoms. The molecule has 1 N–H and O–H groups in total. The third-order valence-electron chi connectivity index (χ3n) is 2.27. The minimum atomic E-state index is -0.720. The van der Waals surface area contributed by atoms with Gasteiger partial charge in [0.2, 0.25) is 21.3 Å². The van der Waals surface area contributed by atoms with Crippen LogP contribution in [0.25, 0.3) is 0 Å². The molecule has 3 amide bonds. The average Bonchev–Trinajstić information content (AvgIpc) is 2.69. The predicted octanol–water partition coefficient (Wildman–Crippen LogP) is -0.321. The molecule has 1 aliphatic heterocycles. The molecule has 0 saturated carbocycles. The van der Waals surface area contributed by atoms with Crippen LogP contribution in [-0.4, -0.2) is 45.4 Å². The van der Waals surface area contributed by atoms with Gasteiger partial charge in [-0.05, 0) is 18.5 Å². The van der Waals surface area contributed by atoms with Crippen LogP contribution in [0.5, 0.6) is 0 Å². The highest BCUT2D eigenvalue weighted by Crippen LogP contribution is 2.18. The Morgan fingerprint density at radius 1 is 1.53 bits per heavy atom. The van der Waals surface area contributed by atoms with Gasteiger partial charge in [-0.1, -0.05) is 11.3 Å². The number of piperazine rings is 1. The van der Waals surface area contributed by atoms with Crippen LogP contribution in [0.4, 0.5) is 0 Å². The highest BCUT2D eigenvalue weighted by Gasteiger charge is 2.35. The largest absolute Gasteiger partial charge is 0.315 e. The maximum Gasteiger partial charge on any atom is 0.286 e. The fourth-order valence-electron chi connectivity index (χ4n) is 1.38. The second kappa shape index (κ2) is 4.38.